The van der Waals surface area contributed by atoms with Crippen LogP contribution in [0.5, 0.6) is 5.75 Å². The van der Waals surface area contributed by atoms with Crippen molar-refractivity contribution in [3.05, 3.63) is 29.8 Å². The molecular weight excluding hydrogens is 624 g/mol. The maximum absolute atomic E-state index is 13.7. The topological polar surface area (TPSA) is 131 Å². The average Bonchev–Trinajstić information content (AvgIpc) is 3.68. The molecule has 3 unspecified atom stereocenters. The van der Waals surface area contributed by atoms with E-state index < -0.39 is 46.7 Å². The van der Waals surface area contributed by atoms with E-state index in [0.717, 1.165) is 37.7 Å². The van der Waals surface area contributed by atoms with Crippen molar-refractivity contribution in [3.8, 4) is 5.75 Å². The third kappa shape index (κ3) is 7.08. The highest BCUT2D eigenvalue weighted by Crippen LogP contribution is 2.68. The number of ether oxygens (including phenoxy) is 3. The summed E-state index contributed by atoms with van der Waals surface area (Å²) in [4.78, 5) is 54.4. The molecular formula is C39H58N2O8. The van der Waals surface area contributed by atoms with Crippen molar-refractivity contribution in [1.29, 1.82) is 0 Å². The van der Waals surface area contributed by atoms with Crippen LogP contribution < -0.4 is 10.1 Å². The third-order valence-electron chi connectivity index (χ3n) is 12.9. The molecule has 4 aliphatic rings. The molecule has 0 spiro atoms. The van der Waals surface area contributed by atoms with Crippen LogP contribution in [-0.4, -0.2) is 70.8 Å². The molecule has 4 fully saturated rings. The first-order chi connectivity index (χ1) is 22.9. The highest BCUT2D eigenvalue weighted by atomic mass is 16.6. The first-order valence-electron chi connectivity index (χ1n) is 18.3. The molecule has 2 amide bonds. The summed E-state index contributed by atoms with van der Waals surface area (Å²) in [5.74, 6) is -0.180. The normalized spacial score (nSPS) is 35.9. The van der Waals surface area contributed by atoms with E-state index in [1.807, 2.05) is 6.07 Å². The Bertz CT molecular complexity index is 1420. The summed E-state index contributed by atoms with van der Waals surface area (Å²) in [6.45, 7) is 16.4. The Balaban J connectivity index is 1.24. The van der Waals surface area contributed by atoms with Gasteiger partial charge in [0.05, 0.1) is 6.10 Å². The molecule has 1 heterocycles. The number of hydrogen-bond acceptors (Lipinski definition) is 8. The van der Waals surface area contributed by atoms with Crippen molar-refractivity contribution >= 4 is 23.8 Å². The van der Waals surface area contributed by atoms with Gasteiger partial charge >= 0.3 is 12.1 Å². The number of amides is 2. The van der Waals surface area contributed by atoms with Crippen LogP contribution in [0.25, 0.3) is 0 Å². The summed E-state index contributed by atoms with van der Waals surface area (Å²) in [6, 6.07) is 6.58. The van der Waals surface area contributed by atoms with E-state index in [0.29, 0.717) is 31.6 Å². The molecule has 1 aliphatic heterocycles. The Morgan fingerprint density at radius 3 is 2.53 bits per heavy atom. The number of rotatable bonds is 8. The number of nitrogens with zero attached hydrogens (tertiary/aromatic N) is 1. The van der Waals surface area contributed by atoms with E-state index in [2.05, 4.69) is 39.9 Å². The molecule has 272 valence electrons. The van der Waals surface area contributed by atoms with E-state index in [-0.39, 0.29) is 48.0 Å². The number of carbonyl (C=O) groups is 4. The largest absolute Gasteiger partial charge is 0.482 e. The van der Waals surface area contributed by atoms with Crippen LogP contribution in [0.2, 0.25) is 0 Å². The van der Waals surface area contributed by atoms with Crippen LogP contribution in [0.4, 0.5) is 4.79 Å². The van der Waals surface area contributed by atoms with Crippen LogP contribution in [0.1, 0.15) is 112 Å². The van der Waals surface area contributed by atoms with E-state index in [1.165, 1.54) is 4.90 Å². The molecule has 0 aromatic heterocycles. The lowest BCUT2D eigenvalue weighted by atomic mass is 9.43. The number of aliphatic hydroxyl groups excluding tert-OH is 1. The molecule has 1 saturated heterocycles. The summed E-state index contributed by atoms with van der Waals surface area (Å²) in [7, 11) is 0. The molecule has 49 heavy (non-hydrogen) atoms. The molecule has 5 rings (SSSR count). The summed E-state index contributed by atoms with van der Waals surface area (Å²) in [5, 5.41) is 14.7. The van der Waals surface area contributed by atoms with E-state index in [9.17, 15) is 24.3 Å². The van der Waals surface area contributed by atoms with Gasteiger partial charge in [0.2, 0.25) is 5.91 Å². The van der Waals surface area contributed by atoms with Crippen molar-refractivity contribution in [2.24, 2.45) is 34.0 Å². The van der Waals surface area contributed by atoms with Gasteiger partial charge in [0.25, 0.3) is 0 Å². The van der Waals surface area contributed by atoms with Gasteiger partial charge in [0.15, 0.2) is 6.61 Å². The molecule has 10 nitrogen and oxygen atoms in total. The number of nitrogens with one attached hydrogen (secondary N) is 1. The number of Topliss-reactive ketones (excluding diaryl/α,β-unsaturated/α-hetero) is 1. The van der Waals surface area contributed by atoms with E-state index in [1.54, 1.807) is 39.0 Å². The first-order valence-corrected chi connectivity index (χ1v) is 18.3. The Morgan fingerprint density at radius 2 is 1.84 bits per heavy atom. The Labute approximate surface area is 292 Å². The molecule has 10 heteroatoms. The van der Waals surface area contributed by atoms with Gasteiger partial charge in [-0.05, 0) is 106 Å². The lowest BCUT2D eigenvalue weighted by Crippen LogP contribution is -2.63. The van der Waals surface area contributed by atoms with Gasteiger partial charge in [0.1, 0.15) is 29.3 Å². The lowest BCUT2D eigenvalue weighted by molar-refractivity contribution is -0.213. The van der Waals surface area contributed by atoms with E-state index >= 15 is 0 Å². The van der Waals surface area contributed by atoms with Crippen molar-refractivity contribution in [2.75, 3.05) is 13.2 Å². The molecule has 2 N–H and O–H groups in total. The highest BCUT2D eigenvalue weighted by Gasteiger charge is 2.68. The van der Waals surface area contributed by atoms with Crippen molar-refractivity contribution in [1.82, 2.24) is 10.2 Å². The van der Waals surface area contributed by atoms with Crippen LogP contribution in [-0.2, 0) is 30.4 Å². The monoisotopic (exact) mass is 682 g/mol. The first kappa shape index (κ1) is 37.1. The molecule has 2 bridgehead atoms. The van der Waals surface area contributed by atoms with Crippen molar-refractivity contribution in [3.63, 3.8) is 0 Å². The molecule has 3 aliphatic carbocycles. The standard InChI is InChI=1S/C39H58N2O8/c1-9-37(7)21-30(38(8)24(2)15-17-39(25(3)33(37)44)18-16-29(42)32(38)39)48-31(43)23-47-27-13-10-12-26(20-27)22-40-34(45)28-14-11-19-41(28)35(46)49-36(4,5)6/h10,12-13,20,24-25,28,30,32-33,44H,9,11,14-19,21-23H2,1-8H3,(H,40,45)/t24?,25-,28+,30+,32?,33-,37+,38-,39?/m0/s1. The zero-order valence-electron chi connectivity index (χ0n) is 30.8. The smallest absolute Gasteiger partial charge is 0.410 e. The second-order valence-electron chi connectivity index (χ2n) is 16.8. The van der Waals surface area contributed by atoms with Gasteiger partial charge in [-0.25, -0.2) is 9.59 Å². The highest BCUT2D eigenvalue weighted by molar-refractivity contribution is 5.86. The summed E-state index contributed by atoms with van der Waals surface area (Å²) >= 11 is 0. The third-order valence-corrected chi connectivity index (χ3v) is 12.9. The molecule has 0 radical (unpaired) electrons. The van der Waals surface area contributed by atoms with Gasteiger partial charge < -0.3 is 24.6 Å². The van der Waals surface area contributed by atoms with Crippen LogP contribution >= 0.6 is 0 Å². The van der Waals surface area contributed by atoms with Crippen LogP contribution in [0.3, 0.4) is 0 Å². The quantitative estimate of drug-likeness (QED) is 0.310. The molecule has 9 atom stereocenters. The predicted octanol–water partition coefficient (Wildman–Crippen LogP) is 6.21. The minimum Gasteiger partial charge on any atom is -0.482 e. The number of ketones is 1. The number of carbonyl (C=O) groups excluding carboxylic acids is 4. The van der Waals surface area contributed by atoms with Gasteiger partial charge in [-0.15, -0.1) is 0 Å². The summed E-state index contributed by atoms with van der Waals surface area (Å²) < 4.78 is 17.8. The van der Waals surface area contributed by atoms with Gasteiger partial charge in [-0.3, -0.25) is 14.5 Å². The van der Waals surface area contributed by atoms with Gasteiger partial charge in [-0.1, -0.05) is 46.8 Å². The number of esters is 1. The minimum absolute atomic E-state index is 0.0279. The second-order valence-corrected chi connectivity index (χ2v) is 16.8. The minimum atomic E-state index is -0.646. The number of likely N-dealkylation sites (tertiary alicyclic amines) is 1. The SMILES string of the molecule is CC[C@]1(C)C[C@@H](OC(=O)COc2cccc(CNC(=O)[C@H]3CCCN3C(=O)OC(C)(C)C)c2)[C@]2(C)C(C)CCC3(CCC(=O)C32)[C@@H](C)[C@@H]1O. The molecule has 1 aromatic carbocycles. The van der Waals surface area contributed by atoms with E-state index in [4.69, 9.17) is 14.2 Å². The van der Waals surface area contributed by atoms with Crippen LogP contribution in [0, 0.1) is 34.0 Å². The predicted molar refractivity (Wildman–Crippen MR) is 184 cm³/mol. The Kier molecular flexibility index (Phi) is 10.5. The van der Waals surface area contributed by atoms with Gasteiger partial charge in [-0.2, -0.15) is 0 Å². The fraction of sp³-hybridized carbons (Fsp3) is 0.744. The number of hydrogen-bond donors (Lipinski definition) is 2. The summed E-state index contributed by atoms with van der Waals surface area (Å²) in [5.41, 5.74) is -1.19. The number of aliphatic hydroxyl groups is 1. The molecule has 1 aromatic rings. The lowest BCUT2D eigenvalue weighted by Gasteiger charge is -2.62. The summed E-state index contributed by atoms with van der Waals surface area (Å²) in [6.07, 6.45) is 3.97. The maximum Gasteiger partial charge on any atom is 0.410 e. The second kappa shape index (κ2) is 13.9. The van der Waals surface area contributed by atoms with Crippen molar-refractivity contribution < 1.29 is 38.5 Å². The fourth-order valence-electron chi connectivity index (χ4n) is 9.67. The average molecular weight is 683 g/mol. The van der Waals surface area contributed by atoms with Crippen LogP contribution in [0.15, 0.2) is 24.3 Å². The zero-order chi connectivity index (χ0) is 35.9. The number of benzene rings is 1. The molecule has 3 saturated carbocycles. The fourth-order valence-corrected chi connectivity index (χ4v) is 9.67. The Hall–Kier alpha value is -3.14. The van der Waals surface area contributed by atoms with Gasteiger partial charge in [0, 0.05) is 30.8 Å². The Morgan fingerprint density at radius 1 is 1.10 bits per heavy atom. The maximum atomic E-state index is 13.7. The zero-order valence-corrected chi connectivity index (χ0v) is 30.8. The van der Waals surface area contributed by atoms with Crippen molar-refractivity contribution in [2.45, 2.75) is 137 Å².